The van der Waals surface area contributed by atoms with Crippen molar-refractivity contribution in [2.75, 3.05) is 33.9 Å². The van der Waals surface area contributed by atoms with Gasteiger partial charge >= 0.3 is 0 Å². The van der Waals surface area contributed by atoms with Gasteiger partial charge in [-0.1, -0.05) is 18.2 Å². The lowest BCUT2D eigenvalue weighted by molar-refractivity contribution is -0.130. The number of phenols is 1. The van der Waals surface area contributed by atoms with Crippen LogP contribution in [0.4, 0.5) is 0 Å². The van der Waals surface area contributed by atoms with Gasteiger partial charge < -0.3 is 20.1 Å². The summed E-state index contributed by atoms with van der Waals surface area (Å²) in [7, 11) is 3.35. The molecule has 0 saturated heterocycles. The lowest BCUT2D eigenvalue weighted by Crippen LogP contribution is -2.38. The number of nitrogens with zero attached hydrogens (tertiary/aromatic N) is 1. The Labute approximate surface area is 114 Å². The fourth-order valence-electron chi connectivity index (χ4n) is 1.76. The van der Waals surface area contributed by atoms with Gasteiger partial charge in [-0.2, -0.15) is 0 Å². The molecule has 5 nitrogen and oxygen atoms in total. The summed E-state index contributed by atoms with van der Waals surface area (Å²) in [5.41, 5.74) is 0.746. The molecule has 1 aromatic carbocycles. The molecule has 0 saturated carbocycles. The predicted octanol–water partition coefficient (Wildman–Crippen LogP) is 1.15. The number of phenolic OH excluding ortho intramolecular Hbond substituents is 1. The van der Waals surface area contributed by atoms with Crippen molar-refractivity contribution < 1.29 is 14.6 Å². The van der Waals surface area contributed by atoms with Crippen molar-refractivity contribution in [2.24, 2.45) is 0 Å². The summed E-state index contributed by atoms with van der Waals surface area (Å²) in [5, 5.41) is 12.8. The highest BCUT2D eigenvalue weighted by Gasteiger charge is 2.19. The number of amides is 1. The fourth-order valence-corrected chi connectivity index (χ4v) is 1.76. The maximum Gasteiger partial charge on any atom is 0.236 e. The normalized spacial score (nSPS) is 12.2. The number of carbonyl (C=O) groups is 1. The lowest BCUT2D eigenvalue weighted by atomic mass is 10.1. The molecule has 0 heterocycles. The molecule has 1 amide bonds. The van der Waals surface area contributed by atoms with E-state index in [0.29, 0.717) is 13.2 Å². The van der Waals surface area contributed by atoms with Crippen molar-refractivity contribution in [2.45, 2.75) is 13.0 Å². The van der Waals surface area contributed by atoms with Crippen molar-refractivity contribution in [1.29, 1.82) is 0 Å². The summed E-state index contributed by atoms with van der Waals surface area (Å²) in [6.07, 6.45) is 0. The minimum absolute atomic E-state index is 0.0214. The minimum atomic E-state index is -0.169. The molecule has 0 aromatic heterocycles. The van der Waals surface area contributed by atoms with Crippen LogP contribution >= 0.6 is 0 Å². The van der Waals surface area contributed by atoms with E-state index in [4.69, 9.17) is 4.74 Å². The summed E-state index contributed by atoms with van der Waals surface area (Å²) >= 11 is 0. The second-order valence-electron chi connectivity index (χ2n) is 4.41. The van der Waals surface area contributed by atoms with Crippen molar-refractivity contribution in [3.8, 4) is 5.75 Å². The van der Waals surface area contributed by atoms with E-state index >= 15 is 0 Å². The lowest BCUT2D eigenvalue weighted by Gasteiger charge is -2.26. The summed E-state index contributed by atoms with van der Waals surface area (Å²) < 4.78 is 4.90. The molecule has 0 radical (unpaired) electrons. The fraction of sp³-hybridized carbons (Fsp3) is 0.500. The van der Waals surface area contributed by atoms with Gasteiger partial charge in [0.2, 0.25) is 5.91 Å². The molecule has 5 heteroatoms. The first-order chi connectivity index (χ1) is 9.07. The number of carbonyl (C=O) groups excluding carboxylic acids is 1. The van der Waals surface area contributed by atoms with Crippen LogP contribution in [0.2, 0.25) is 0 Å². The summed E-state index contributed by atoms with van der Waals surface area (Å²) in [6, 6.07) is 6.89. The smallest absolute Gasteiger partial charge is 0.236 e. The molecule has 0 aliphatic carbocycles. The second-order valence-corrected chi connectivity index (χ2v) is 4.41. The van der Waals surface area contributed by atoms with Gasteiger partial charge in [-0.15, -0.1) is 0 Å². The van der Waals surface area contributed by atoms with Gasteiger partial charge in [0, 0.05) is 26.3 Å². The van der Waals surface area contributed by atoms with E-state index in [1.807, 2.05) is 19.1 Å². The minimum Gasteiger partial charge on any atom is -0.508 e. The molecule has 106 valence electrons. The highest BCUT2D eigenvalue weighted by Crippen LogP contribution is 2.26. The molecule has 1 atom stereocenters. The van der Waals surface area contributed by atoms with Crippen molar-refractivity contribution in [3.05, 3.63) is 29.8 Å². The maximum atomic E-state index is 12.0. The molecular weight excluding hydrogens is 244 g/mol. The maximum absolute atomic E-state index is 12.0. The first-order valence-electron chi connectivity index (χ1n) is 6.31. The Bertz CT molecular complexity index is 409. The number of ether oxygens (including phenoxy) is 1. The van der Waals surface area contributed by atoms with Crippen LogP contribution < -0.4 is 5.32 Å². The number of hydrogen-bond donors (Lipinski definition) is 2. The Balaban J connectivity index is 2.54. The van der Waals surface area contributed by atoms with Gasteiger partial charge in [0.15, 0.2) is 0 Å². The first-order valence-corrected chi connectivity index (χ1v) is 6.31. The molecule has 1 unspecified atom stereocenters. The zero-order valence-electron chi connectivity index (χ0n) is 11.7. The first kappa shape index (κ1) is 15.5. The predicted molar refractivity (Wildman–Crippen MR) is 74.0 cm³/mol. The monoisotopic (exact) mass is 266 g/mol. The molecule has 1 rings (SSSR count). The number of rotatable bonds is 7. The SMILES string of the molecule is COCCNCC(=O)N(C)C(C)c1ccccc1O. The van der Waals surface area contributed by atoms with Crippen molar-refractivity contribution >= 4 is 5.91 Å². The van der Waals surface area contributed by atoms with Crippen LogP contribution in [0.1, 0.15) is 18.5 Å². The van der Waals surface area contributed by atoms with Gasteiger partial charge in [0.1, 0.15) is 5.75 Å². The molecule has 0 fully saturated rings. The molecule has 0 aliphatic rings. The Hall–Kier alpha value is -1.59. The van der Waals surface area contributed by atoms with E-state index < -0.39 is 0 Å². The number of likely N-dealkylation sites (N-methyl/N-ethyl adjacent to an activating group) is 1. The number of benzene rings is 1. The van der Waals surface area contributed by atoms with Crippen LogP contribution in [-0.4, -0.2) is 49.8 Å². The number of methoxy groups -OCH3 is 1. The molecule has 19 heavy (non-hydrogen) atoms. The largest absolute Gasteiger partial charge is 0.508 e. The number of aromatic hydroxyl groups is 1. The molecule has 0 aliphatic heterocycles. The van der Waals surface area contributed by atoms with Crippen LogP contribution in [0.3, 0.4) is 0 Å². The average Bonchev–Trinajstić information content (AvgIpc) is 2.42. The van der Waals surface area contributed by atoms with Crippen LogP contribution in [0.5, 0.6) is 5.75 Å². The van der Waals surface area contributed by atoms with E-state index in [-0.39, 0.29) is 24.2 Å². The van der Waals surface area contributed by atoms with Gasteiger partial charge in [0.25, 0.3) is 0 Å². The number of para-hydroxylation sites is 1. The third-order valence-electron chi connectivity index (χ3n) is 3.12. The van der Waals surface area contributed by atoms with Crippen molar-refractivity contribution in [3.63, 3.8) is 0 Å². The Morgan fingerprint density at radius 3 is 2.79 bits per heavy atom. The van der Waals surface area contributed by atoms with Gasteiger partial charge in [-0.05, 0) is 13.0 Å². The van der Waals surface area contributed by atoms with E-state index in [0.717, 1.165) is 5.56 Å². The van der Waals surface area contributed by atoms with E-state index in [2.05, 4.69) is 5.32 Å². The third kappa shape index (κ3) is 4.54. The van der Waals surface area contributed by atoms with Gasteiger partial charge in [0.05, 0.1) is 19.2 Å². The topological polar surface area (TPSA) is 61.8 Å². The molecular formula is C14H22N2O3. The molecule has 0 spiro atoms. The Kier molecular flexibility index (Phi) is 6.32. The zero-order chi connectivity index (χ0) is 14.3. The highest BCUT2D eigenvalue weighted by molar-refractivity contribution is 5.78. The van der Waals surface area contributed by atoms with E-state index in [1.165, 1.54) is 0 Å². The number of nitrogens with one attached hydrogen (secondary N) is 1. The van der Waals surface area contributed by atoms with Crippen LogP contribution in [0, 0.1) is 0 Å². The standard InChI is InChI=1S/C14H22N2O3/c1-11(12-6-4-5-7-13(12)17)16(2)14(18)10-15-8-9-19-3/h4-7,11,15,17H,8-10H2,1-3H3. The highest BCUT2D eigenvalue weighted by atomic mass is 16.5. The van der Waals surface area contributed by atoms with Gasteiger partial charge in [-0.3, -0.25) is 4.79 Å². The van der Waals surface area contributed by atoms with E-state index in [1.54, 1.807) is 31.2 Å². The van der Waals surface area contributed by atoms with Crippen molar-refractivity contribution in [1.82, 2.24) is 10.2 Å². The van der Waals surface area contributed by atoms with E-state index in [9.17, 15) is 9.90 Å². The molecule has 2 N–H and O–H groups in total. The summed E-state index contributed by atoms with van der Waals surface area (Å²) in [4.78, 5) is 13.6. The Morgan fingerprint density at radius 1 is 1.47 bits per heavy atom. The Morgan fingerprint density at radius 2 is 2.16 bits per heavy atom. The number of hydrogen-bond acceptors (Lipinski definition) is 4. The summed E-state index contributed by atoms with van der Waals surface area (Å²) in [5.74, 6) is 0.189. The second kappa shape index (κ2) is 7.76. The third-order valence-corrected chi connectivity index (χ3v) is 3.12. The quantitative estimate of drug-likeness (QED) is 0.727. The molecule has 1 aromatic rings. The van der Waals surface area contributed by atoms with Crippen LogP contribution in [0.15, 0.2) is 24.3 Å². The average molecular weight is 266 g/mol. The van der Waals surface area contributed by atoms with Crippen LogP contribution in [0.25, 0.3) is 0 Å². The van der Waals surface area contributed by atoms with Crippen LogP contribution in [-0.2, 0) is 9.53 Å². The van der Waals surface area contributed by atoms with Gasteiger partial charge in [-0.25, -0.2) is 0 Å². The zero-order valence-corrected chi connectivity index (χ0v) is 11.7. The summed E-state index contributed by atoms with van der Waals surface area (Å²) in [6.45, 7) is 3.37. The molecule has 0 bridgehead atoms.